The van der Waals surface area contributed by atoms with Crippen molar-refractivity contribution in [1.82, 2.24) is 4.98 Å². The number of aromatic nitrogens is 1. The number of amides is 1. The van der Waals surface area contributed by atoms with Crippen LogP contribution in [0.25, 0.3) is 11.1 Å². The highest BCUT2D eigenvalue weighted by Crippen LogP contribution is 2.41. The Morgan fingerprint density at radius 1 is 0.977 bits per heavy atom. The first kappa shape index (κ1) is 32.2. The normalized spacial score (nSPS) is 17.8. The zero-order valence-electron chi connectivity index (χ0n) is 23.7. The lowest BCUT2D eigenvalue weighted by Gasteiger charge is -2.32. The third-order valence-electron chi connectivity index (χ3n) is 7.77. The topological polar surface area (TPSA) is 76.9 Å². The summed E-state index contributed by atoms with van der Waals surface area (Å²) in [6.45, 7) is 4.00. The molecule has 6 nitrogen and oxygen atoms in total. The highest BCUT2D eigenvalue weighted by atomic mass is 19.4. The number of anilines is 2. The molecule has 1 amide bonds. The molecule has 2 N–H and O–H groups in total. The van der Waals surface area contributed by atoms with Crippen LogP contribution >= 0.6 is 0 Å². The van der Waals surface area contributed by atoms with Crippen LogP contribution in [0.15, 0.2) is 48.7 Å². The van der Waals surface area contributed by atoms with Crippen LogP contribution in [-0.2, 0) is 22.6 Å². The summed E-state index contributed by atoms with van der Waals surface area (Å²) in [5.74, 6) is -1.13. The van der Waals surface area contributed by atoms with Gasteiger partial charge in [0.15, 0.2) is 0 Å². The summed E-state index contributed by atoms with van der Waals surface area (Å²) in [6, 6.07) is 6.10. The van der Waals surface area contributed by atoms with E-state index in [9.17, 15) is 45.7 Å². The Morgan fingerprint density at radius 3 is 2.12 bits per heavy atom. The highest BCUT2D eigenvalue weighted by Gasteiger charge is 2.41. The predicted octanol–water partition coefficient (Wildman–Crippen LogP) is 6.11. The molecule has 0 radical (unpaired) electrons. The van der Waals surface area contributed by atoms with Gasteiger partial charge in [0.05, 0.1) is 47.2 Å². The molecule has 0 unspecified atom stereocenters. The van der Waals surface area contributed by atoms with Gasteiger partial charge in [-0.25, -0.2) is 9.37 Å². The molecule has 1 saturated heterocycles. The van der Waals surface area contributed by atoms with E-state index in [0.717, 1.165) is 4.90 Å². The number of aliphatic hydroxyl groups excluding tert-OH is 2. The number of aryl methyl sites for hydroxylation is 1. The summed E-state index contributed by atoms with van der Waals surface area (Å²) in [4.78, 5) is 21.0. The summed E-state index contributed by atoms with van der Waals surface area (Å²) >= 11 is 0. The average Bonchev–Trinajstić information content (AvgIpc) is 3.32. The van der Waals surface area contributed by atoms with Gasteiger partial charge in [-0.15, -0.1) is 0 Å². The minimum absolute atomic E-state index is 0.00379. The van der Waals surface area contributed by atoms with Crippen LogP contribution in [0.2, 0.25) is 0 Å². The molecule has 4 rings (SSSR count). The largest absolute Gasteiger partial charge is 0.416 e. The first-order valence-electron chi connectivity index (χ1n) is 13.2. The van der Waals surface area contributed by atoms with Crippen molar-refractivity contribution in [3.63, 3.8) is 0 Å². The molecule has 43 heavy (non-hydrogen) atoms. The number of likely N-dealkylation sites (N-methyl/N-ethyl adjacent to an activating group) is 1. The van der Waals surface area contributed by atoms with Gasteiger partial charge in [-0.05, 0) is 80.3 Å². The van der Waals surface area contributed by atoms with Gasteiger partial charge >= 0.3 is 12.4 Å². The summed E-state index contributed by atoms with van der Waals surface area (Å²) < 4.78 is 95.8. The van der Waals surface area contributed by atoms with E-state index in [1.807, 2.05) is 0 Å². The summed E-state index contributed by atoms with van der Waals surface area (Å²) in [6.07, 6.45) is -9.37. The van der Waals surface area contributed by atoms with Crippen LogP contribution in [0.4, 0.5) is 42.2 Å². The van der Waals surface area contributed by atoms with E-state index in [1.54, 1.807) is 17.9 Å². The van der Waals surface area contributed by atoms with E-state index in [-0.39, 0.29) is 31.3 Å². The van der Waals surface area contributed by atoms with Gasteiger partial charge in [-0.3, -0.25) is 4.79 Å². The molecule has 1 aromatic heterocycles. The molecule has 3 aromatic rings. The van der Waals surface area contributed by atoms with Gasteiger partial charge in [0.25, 0.3) is 0 Å². The van der Waals surface area contributed by atoms with E-state index in [4.69, 9.17) is 0 Å². The van der Waals surface area contributed by atoms with Gasteiger partial charge in [0.1, 0.15) is 11.6 Å². The molecular weight excluding hydrogens is 583 g/mol. The molecule has 1 aliphatic rings. The number of hydrogen-bond donors (Lipinski definition) is 2. The highest BCUT2D eigenvalue weighted by molar-refractivity contribution is 6.03. The summed E-state index contributed by atoms with van der Waals surface area (Å²) in [7, 11) is 1.30. The third kappa shape index (κ3) is 6.47. The van der Waals surface area contributed by atoms with E-state index in [1.165, 1.54) is 45.3 Å². The quantitative estimate of drug-likeness (QED) is 0.329. The number of carbonyl (C=O) groups is 1. The molecule has 232 valence electrons. The monoisotopic (exact) mass is 613 g/mol. The minimum atomic E-state index is -5.10. The SMILES string of the molecule is Cc1ccc(F)cc1-c1cc(N2C[C@H](O)C[C@H]2CO)ncc1N(C)C(=O)C(C)(C)c1cc(C(F)(F)F)cc(C(F)(F)F)c1. The number of aliphatic hydroxyl groups is 2. The zero-order valence-corrected chi connectivity index (χ0v) is 23.7. The number of rotatable bonds is 6. The second-order valence-corrected chi connectivity index (χ2v) is 11.2. The molecule has 0 saturated carbocycles. The van der Waals surface area contributed by atoms with Crippen LogP contribution in [0.5, 0.6) is 0 Å². The smallest absolute Gasteiger partial charge is 0.394 e. The molecule has 2 atom stereocenters. The van der Waals surface area contributed by atoms with Crippen molar-refractivity contribution in [2.45, 2.75) is 57.1 Å². The minimum Gasteiger partial charge on any atom is -0.394 e. The van der Waals surface area contributed by atoms with E-state index in [0.29, 0.717) is 34.6 Å². The second kappa shape index (κ2) is 11.4. The van der Waals surface area contributed by atoms with Crippen molar-refractivity contribution in [3.8, 4) is 11.1 Å². The number of pyridine rings is 1. The molecule has 13 heteroatoms. The second-order valence-electron chi connectivity index (χ2n) is 11.2. The Hall–Kier alpha value is -3.71. The first-order valence-corrected chi connectivity index (χ1v) is 13.2. The lowest BCUT2D eigenvalue weighted by Crippen LogP contribution is -2.42. The Balaban J connectivity index is 1.84. The Labute approximate surface area is 243 Å². The summed E-state index contributed by atoms with van der Waals surface area (Å²) in [5, 5.41) is 20.0. The Bertz CT molecular complexity index is 1490. The van der Waals surface area contributed by atoms with Crippen molar-refractivity contribution in [3.05, 3.63) is 76.7 Å². The number of benzene rings is 2. The predicted molar refractivity (Wildman–Crippen MR) is 146 cm³/mol. The molecule has 1 aliphatic heterocycles. The van der Waals surface area contributed by atoms with Crippen molar-refractivity contribution in [1.29, 1.82) is 0 Å². The lowest BCUT2D eigenvalue weighted by atomic mass is 9.81. The van der Waals surface area contributed by atoms with Crippen LogP contribution < -0.4 is 9.80 Å². The fourth-order valence-electron chi connectivity index (χ4n) is 5.28. The average molecular weight is 614 g/mol. The van der Waals surface area contributed by atoms with E-state index in [2.05, 4.69) is 4.98 Å². The van der Waals surface area contributed by atoms with Crippen molar-refractivity contribution >= 4 is 17.4 Å². The number of carbonyl (C=O) groups excluding carboxylic acids is 1. The molecular formula is C30H30F7N3O3. The first-order chi connectivity index (χ1) is 19.8. The van der Waals surface area contributed by atoms with E-state index < -0.39 is 58.3 Å². The Morgan fingerprint density at radius 2 is 1.56 bits per heavy atom. The molecule has 0 bridgehead atoms. The maximum absolute atomic E-state index is 14.4. The fraction of sp³-hybridized carbons (Fsp3) is 0.400. The van der Waals surface area contributed by atoms with Gasteiger partial charge in [0, 0.05) is 19.2 Å². The maximum Gasteiger partial charge on any atom is 0.416 e. The molecule has 0 spiro atoms. The van der Waals surface area contributed by atoms with E-state index >= 15 is 0 Å². The lowest BCUT2D eigenvalue weighted by molar-refractivity contribution is -0.143. The summed E-state index contributed by atoms with van der Waals surface area (Å²) in [5.41, 5.74) is -4.11. The number of halogens is 7. The van der Waals surface area contributed by atoms with Crippen LogP contribution in [0, 0.1) is 12.7 Å². The van der Waals surface area contributed by atoms with Gasteiger partial charge in [0.2, 0.25) is 5.91 Å². The van der Waals surface area contributed by atoms with Crippen LogP contribution in [-0.4, -0.2) is 53.4 Å². The number of β-amino-alcohol motifs (C(OH)–C–C–N with tert-alkyl or cyclic N) is 1. The number of nitrogens with zero attached hydrogens (tertiary/aromatic N) is 3. The van der Waals surface area contributed by atoms with Crippen LogP contribution in [0.1, 0.15) is 42.5 Å². The third-order valence-corrected chi connectivity index (χ3v) is 7.77. The van der Waals surface area contributed by atoms with Crippen molar-refractivity contribution in [2.75, 3.05) is 30.0 Å². The van der Waals surface area contributed by atoms with Crippen molar-refractivity contribution in [2.24, 2.45) is 0 Å². The standard InChI is InChI=1S/C30H30F7N3O3/c1-16-5-6-20(31)10-23(16)24-12-26(40-14-22(42)11-21(40)15-41)38-13-25(24)39(4)27(43)28(2,3)17-7-18(29(32,33)34)9-19(8-17)30(35,36)37/h5-10,12-13,21-22,41-42H,11,14-15H2,1-4H3/t21-,22+/m0/s1. The Kier molecular flexibility index (Phi) is 8.55. The zero-order chi connectivity index (χ0) is 32.1. The van der Waals surface area contributed by atoms with Gasteiger partial charge < -0.3 is 20.0 Å². The van der Waals surface area contributed by atoms with Crippen molar-refractivity contribution < 1.29 is 45.7 Å². The van der Waals surface area contributed by atoms with Gasteiger partial charge in [-0.2, -0.15) is 26.3 Å². The molecule has 2 aromatic carbocycles. The van der Waals surface area contributed by atoms with Crippen LogP contribution in [0.3, 0.4) is 0 Å². The maximum atomic E-state index is 14.4. The molecule has 1 fully saturated rings. The molecule has 2 heterocycles. The number of alkyl halides is 6. The number of hydrogen-bond acceptors (Lipinski definition) is 5. The fourth-order valence-corrected chi connectivity index (χ4v) is 5.28. The molecule has 0 aliphatic carbocycles. The van der Waals surface area contributed by atoms with Gasteiger partial charge in [-0.1, -0.05) is 6.07 Å².